The lowest BCUT2D eigenvalue weighted by Gasteiger charge is -2.08. The van der Waals surface area contributed by atoms with E-state index in [9.17, 15) is 4.79 Å². The van der Waals surface area contributed by atoms with Crippen LogP contribution in [0.4, 0.5) is 0 Å². The summed E-state index contributed by atoms with van der Waals surface area (Å²) < 4.78 is 5.26. The van der Waals surface area contributed by atoms with E-state index in [0.717, 1.165) is 12.2 Å². The van der Waals surface area contributed by atoms with Crippen LogP contribution in [0.2, 0.25) is 0 Å². The van der Waals surface area contributed by atoms with Gasteiger partial charge in [-0.25, -0.2) is 4.98 Å². The average molecular weight is 260 g/mol. The van der Waals surface area contributed by atoms with E-state index in [0.29, 0.717) is 31.7 Å². The molecule has 6 nitrogen and oxygen atoms in total. The molecule has 0 radical (unpaired) electrons. The molecule has 0 fully saturated rings. The van der Waals surface area contributed by atoms with Crippen molar-refractivity contribution in [3.05, 3.63) is 17.8 Å². The topological polar surface area (TPSA) is 79.9 Å². The number of carbonyl (C=O) groups is 1. The number of aryl methyl sites for hydroxylation is 1. The maximum absolute atomic E-state index is 11.7. The Bertz CT molecular complexity index is 521. The van der Waals surface area contributed by atoms with Gasteiger partial charge in [-0.3, -0.25) is 4.79 Å². The number of carbonyl (C=O) groups excluding carboxylic acids is 1. The van der Waals surface area contributed by atoms with Gasteiger partial charge >= 0.3 is 0 Å². The second-order valence-electron chi connectivity index (χ2n) is 4.53. The summed E-state index contributed by atoms with van der Waals surface area (Å²) >= 11 is 0. The smallest absolute Gasteiger partial charge is 0.220 e. The van der Waals surface area contributed by atoms with Crippen LogP contribution in [-0.4, -0.2) is 16.6 Å². The first kappa shape index (κ1) is 13.3. The van der Waals surface area contributed by atoms with E-state index in [-0.39, 0.29) is 5.91 Å². The fraction of sp³-hybridized carbons (Fsp3) is 0.538. The summed E-state index contributed by atoms with van der Waals surface area (Å²) in [4.78, 5) is 15.7. The van der Waals surface area contributed by atoms with Gasteiger partial charge in [0.1, 0.15) is 5.76 Å². The Balaban J connectivity index is 1.66. The summed E-state index contributed by atoms with van der Waals surface area (Å²) in [5.74, 6) is 3.74. The van der Waals surface area contributed by atoms with E-state index in [1.807, 2.05) is 6.92 Å². The molecular weight excluding hydrogens is 244 g/mol. The van der Waals surface area contributed by atoms with Crippen molar-refractivity contribution in [3.8, 4) is 12.3 Å². The highest BCUT2D eigenvalue weighted by atomic mass is 16.4. The number of nitrogens with zero attached hydrogens (tertiary/aromatic N) is 3. The highest BCUT2D eigenvalue weighted by molar-refractivity contribution is 5.75. The highest BCUT2D eigenvalue weighted by Crippen LogP contribution is 2.37. The molecule has 2 rings (SSSR count). The predicted octanol–water partition coefficient (Wildman–Crippen LogP) is 1.95. The molecule has 6 heteroatoms. The summed E-state index contributed by atoms with van der Waals surface area (Å²) in [7, 11) is 0. The fourth-order valence-corrected chi connectivity index (χ4v) is 1.73. The van der Waals surface area contributed by atoms with Crippen LogP contribution in [0.5, 0.6) is 0 Å². The monoisotopic (exact) mass is 260 g/mol. The fourth-order valence-electron chi connectivity index (χ4n) is 1.73. The van der Waals surface area contributed by atoms with Gasteiger partial charge in [-0.2, -0.15) is 10.2 Å². The normalized spacial score (nSPS) is 14.9. The Morgan fingerprint density at radius 1 is 1.53 bits per heavy atom. The van der Waals surface area contributed by atoms with Crippen molar-refractivity contribution >= 4 is 5.91 Å². The van der Waals surface area contributed by atoms with Gasteiger partial charge in [-0.15, -0.1) is 12.3 Å². The van der Waals surface area contributed by atoms with Gasteiger partial charge in [0.15, 0.2) is 5.66 Å². The predicted molar refractivity (Wildman–Crippen MR) is 68.0 cm³/mol. The van der Waals surface area contributed by atoms with Crippen LogP contribution < -0.4 is 5.32 Å². The molecule has 1 aromatic heterocycles. The van der Waals surface area contributed by atoms with Crippen LogP contribution in [-0.2, 0) is 11.3 Å². The van der Waals surface area contributed by atoms with E-state index in [4.69, 9.17) is 10.8 Å². The lowest BCUT2D eigenvalue weighted by Crippen LogP contribution is -2.24. The standard InChI is InChI=1S/C13H16N4O2/c1-3-4-6-13(16-17-13)7-5-11(18)14-9-12-15-8-10(2)19-12/h1,8H,4-7,9H2,2H3,(H,14,18). The summed E-state index contributed by atoms with van der Waals surface area (Å²) in [5.41, 5.74) is -0.400. The van der Waals surface area contributed by atoms with Crippen LogP contribution in [0.1, 0.15) is 37.3 Å². The molecule has 0 unspecified atom stereocenters. The zero-order chi connectivity index (χ0) is 13.7. The number of oxazole rings is 1. The molecule has 0 aliphatic carbocycles. The molecule has 0 spiro atoms. The zero-order valence-electron chi connectivity index (χ0n) is 10.8. The first-order chi connectivity index (χ1) is 9.13. The Kier molecular flexibility index (Phi) is 3.95. The third-order valence-corrected chi connectivity index (χ3v) is 2.91. The van der Waals surface area contributed by atoms with Crippen molar-refractivity contribution in [2.45, 2.75) is 44.8 Å². The van der Waals surface area contributed by atoms with Crippen molar-refractivity contribution in [2.24, 2.45) is 10.2 Å². The molecule has 1 aliphatic heterocycles. The third-order valence-electron chi connectivity index (χ3n) is 2.91. The van der Waals surface area contributed by atoms with E-state index < -0.39 is 5.66 Å². The van der Waals surface area contributed by atoms with Crippen molar-refractivity contribution in [1.29, 1.82) is 0 Å². The first-order valence-electron chi connectivity index (χ1n) is 6.19. The Labute approximate surface area is 111 Å². The molecule has 2 heterocycles. The summed E-state index contributed by atoms with van der Waals surface area (Å²) in [6.45, 7) is 2.11. The van der Waals surface area contributed by atoms with E-state index in [1.165, 1.54) is 0 Å². The Morgan fingerprint density at radius 3 is 2.89 bits per heavy atom. The quantitative estimate of drug-likeness (QED) is 0.761. The largest absolute Gasteiger partial charge is 0.444 e. The van der Waals surface area contributed by atoms with E-state index >= 15 is 0 Å². The minimum atomic E-state index is -0.400. The van der Waals surface area contributed by atoms with Crippen LogP contribution >= 0.6 is 0 Å². The van der Waals surface area contributed by atoms with Gasteiger partial charge in [0.25, 0.3) is 0 Å². The Hall–Kier alpha value is -2.16. The van der Waals surface area contributed by atoms with Gasteiger partial charge in [0.05, 0.1) is 12.7 Å². The highest BCUT2D eigenvalue weighted by Gasteiger charge is 2.39. The van der Waals surface area contributed by atoms with Gasteiger partial charge in [0, 0.05) is 25.7 Å². The lowest BCUT2D eigenvalue weighted by atomic mass is 10.0. The molecule has 0 bridgehead atoms. The average Bonchev–Trinajstić information content (AvgIpc) is 3.06. The molecule has 0 aromatic carbocycles. The van der Waals surface area contributed by atoms with E-state index in [2.05, 4.69) is 26.4 Å². The number of hydrogen-bond donors (Lipinski definition) is 1. The van der Waals surface area contributed by atoms with Gasteiger partial charge < -0.3 is 9.73 Å². The SMILES string of the molecule is C#CCCC1(CCC(=O)NCc2ncc(C)o2)N=N1. The van der Waals surface area contributed by atoms with Gasteiger partial charge in [0.2, 0.25) is 11.8 Å². The second kappa shape index (κ2) is 5.65. The Morgan fingerprint density at radius 2 is 2.32 bits per heavy atom. The number of amides is 1. The molecule has 100 valence electrons. The molecule has 1 amide bonds. The molecule has 0 saturated heterocycles. The summed E-state index contributed by atoms with van der Waals surface area (Å²) in [6, 6.07) is 0. The molecule has 0 saturated carbocycles. The molecule has 1 aliphatic rings. The summed E-state index contributed by atoms with van der Waals surface area (Å²) in [6.07, 6.45) is 9.15. The van der Waals surface area contributed by atoms with Crippen molar-refractivity contribution in [2.75, 3.05) is 0 Å². The molecule has 0 atom stereocenters. The van der Waals surface area contributed by atoms with Gasteiger partial charge in [-0.05, 0) is 6.92 Å². The lowest BCUT2D eigenvalue weighted by molar-refractivity contribution is -0.121. The maximum Gasteiger partial charge on any atom is 0.220 e. The van der Waals surface area contributed by atoms with Crippen LogP contribution in [0.3, 0.4) is 0 Å². The molecule has 1 aromatic rings. The summed E-state index contributed by atoms with van der Waals surface area (Å²) in [5, 5.41) is 10.7. The minimum Gasteiger partial charge on any atom is -0.444 e. The molecular formula is C13H16N4O2. The van der Waals surface area contributed by atoms with Crippen LogP contribution in [0.15, 0.2) is 20.8 Å². The third kappa shape index (κ3) is 3.91. The van der Waals surface area contributed by atoms with E-state index in [1.54, 1.807) is 6.20 Å². The van der Waals surface area contributed by atoms with Crippen molar-refractivity contribution < 1.29 is 9.21 Å². The number of hydrogen-bond acceptors (Lipinski definition) is 5. The number of terminal acetylenes is 1. The zero-order valence-corrected chi connectivity index (χ0v) is 10.8. The van der Waals surface area contributed by atoms with Crippen LogP contribution in [0.25, 0.3) is 0 Å². The maximum atomic E-state index is 11.7. The van der Waals surface area contributed by atoms with Gasteiger partial charge in [-0.1, -0.05) is 0 Å². The van der Waals surface area contributed by atoms with Crippen molar-refractivity contribution in [3.63, 3.8) is 0 Å². The molecule has 19 heavy (non-hydrogen) atoms. The van der Waals surface area contributed by atoms with Crippen molar-refractivity contribution in [1.82, 2.24) is 10.3 Å². The van der Waals surface area contributed by atoms with Crippen LogP contribution in [0, 0.1) is 19.3 Å². The first-order valence-corrected chi connectivity index (χ1v) is 6.19. The number of aromatic nitrogens is 1. The number of rotatable bonds is 7. The number of nitrogens with one attached hydrogen (secondary N) is 1. The second-order valence-corrected chi connectivity index (χ2v) is 4.53. The minimum absolute atomic E-state index is 0.0618. The molecule has 1 N–H and O–H groups in total.